The zero-order chi connectivity index (χ0) is 19.3. The van der Waals surface area contributed by atoms with Gasteiger partial charge in [-0.05, 0) is 18.2 Å². The SMILES string of the molecule is COc1ccc(-c2csc(NC(=O)CCNC(=O)C(C)(C)C)n2)cc1F. The van der Waals surface area contributed by atoms with E-state index in [-0.39, 0.29) is 30.5 Å². The van der Waals surface area contributed by atoms with E-state index in [9.17, 15) is 14.0 Å². The number of nitrogens with zero attached hydrogens (tertiary/aromatic N) is 1. The van der Waals surface area contributed by atoms with Gasteiger partial charge in [0.2, 0.25) is 11.8 Å². The fourth-order valence-corrected chi connectivity index (χ4v) is 2.76. The Kier molecular flexibility index (Phi) is 6.31. The first-order valence-corrected chi connectivity index (χ1v) is 8.96. The standard InChI is InChI=1S/C18H22FN3O3S/c1-18(2,3)16(24)20-8-7-15(23)22-17-21-13(10-26-17)11-5-6-14(25-4)12(19)9-11/h5-6,9-10H,7-8H2,1-4H3,(H,20,24)(H,21,22,23). The molecule has 8 heteroatoms. The van der Waals surface area contributed by atoms with E-state index in [1.54, 1.807) is 11.4 Å². The lowest BCUT2D eigenvalue weighted by atomic mass is 9.96. The van der Waals surface area contributed by atoms with Gasteiger partial charge in [-0.3, -0.25) is 9.59 Å². The number of benzene rings is 1. The summed E-state index contributed by atoms with van der Waals surface area (Å²) in [6.07, 6.45) is 0.147. The Hall–Kier alpha value is -2.48. The van der Waals surface area contributed by atoms with Crippen molar-refractivity contribution in [1.82, 2.24) is 10.3 Å². The van der Waals surface area contributed by atoms with E-state index in [1.807, 2.05) is 20.8 Å². The lowest BCUT2D eigenvalue weighted by Crippen LogP contribution is -2.36. The van der Waals surface area contributed by atoms with E-state index in [1.165, 1.54) is 30.6 Å². The normalized spacial score (nSPS) is 11.1. The minimum atomic E-state index is -0.492. The number of hydrogen-bond acceptors (Lipinski definition) is 5. The average Bonchev–Trinajstić information content (AvgIpc) is 3.02. The van der Waals surface area contributed by atoms with Crippen LogP contribution in [-0.2, 0) is 9.59 Å². The molecule has 6 nitrogen and oxygen atoms in total. The monoisotopic (exact) mass is 379 g/mol. The molecule has 0 saturated heterocycles. The number of halogens is 1. The molecule has 26 heavy (non-hydrogen) atoms. The molecule has 0 aliphatic heterocycles. The van der Waals surface area contributed by atoms with Gasteiger partial charge in [-0.25, -0.2) is 9.37 Å². The van der Waals surface area contributed by atoms with Crippen molar-refractivity contribution in [2.24, 2.45) is 5.41 Å². The van der Waals surface area contributed by atoms with Gasteiger partial charge in [-0.2, -0.15) is 0 Å². The summed E-state index contributed by atoms with van der Waals surface area (Å²) in [4.78, 5) is 28.0. The Labute approximate surface area is 155 Å². The van der Waals surface area contributed by atoms with Gasteiger partial charge in [-0.1, -0.05) is 20.8 Å². The Morgan fingerprint density at radius 2 is 2.04 bits per heavy atom. The smallest absolute Gasteiger partial charge is 0.227 e. The number of amides is 2. The first kappa shape index (κ1) is 19.8. The van der Waals surface area contributed by atoms with Crippen LogP contribution in [0.2, 0.25) is 0 Å². The molecule has 1 heterocycles. The van der Waals surface area contributed by atoms with Crippen LogP contribution in [0.25, 0.3) is 11.3 Å². The van der Waals surface area contributed by atoms with Crippen LogP contribution in [0.4, 0.5) is 9.52 Å². The average molecular weight is 379 g/mol. The molecule has 0 radical (unpaired) electrons. The maximum atomic E-state index is 13.8. The predicted octanol–water partition coefficient (Wildman–Crippen LogP) is 3.45. The molecule has 0 saturated carbocycles. The largest absolute Gasteiger partial charge is 0.494 e. The van der Waals surface area contributed by atoms with Crippen LogP contribution in [0.3, 0.4) is 0 Å². The molecule has 2 amide bonds. The number of anilines is 1. The number of nitrogens with one attached hydrogen (secondary N) is 2. The molecule has 140 valence electrons. The summed E-state index contributed by atoms with van der Waals surface area (Å²) in [5.74, 6) is -0.669. The second kappa shape index (κ2) is 8.27. The van der Waals surface area contributed by atoms with Crippen molar-refractivity contribution in [3.05, 3.63) is 29.4 Å². The zero-order valence-corrected chi connectivity index (χ0v) is 16.0. The Balaban J connectivity index is 1.91. The van der Waals surface area contributed by atoms with Crippen molar-refractivity contribution >= 4 is 28.3 Å². The second-order valence-electron chi connectivity index (χ2n) is 6.69. The van der Waals surface area contributed by atoms with Gasteiger partial charge < -0.3 is 15.4 Å². The molecule has 0 bridgehead atoms. The van der Waals surface area contributed by atoms with Crippen LogP contribution in [0.1, 0.15) is 27.2 Å². The first-order valence-electron chi connectivity index (χ1n) is 8.08. The summed E-state index contributed by atoms with van der Waals surface area (Å²) in [6, 6.07) is 4.56. The highest BCUT2D eigenvalue weighted by Crippen LogP contribution is 2.28. The highest BCUT2D eigenvalue weighted by molar-refractivity contribution is 7.14. The van der Waals surface area contributed by atoms with Crippen LogP contribution in [0, 0.1) is 11.2 Å². The maximum absolute atomic E-state index is 13.8. The van der Waals surface area contributed by atoms with Crippen molar-refractivity contribution in [3.63, 3.8) is 0 Å². The molecule has 0 aliphatic carbocycles. The van der Waals surface area contributed by atoms with E-state index < -0.39 is 11.2 Å². The predicted molar refractivity (Wildman–Crippen MR) is 99.8 cm³/mol. The fourth-order valence-electron chi connectivity index (χ4n) is 2.03. The molecule has 2 rings (SSSR count). The number of hydrogen-bond donors (Lipinski definition) is 2. The molecule has 0 spiro atoms. The van der Waals surface area contributed by atoms with Gasteiger partial charge >= 0.3 is 0 Å². The summed E-state index contributed by atoms with van der Waals surface area (Å²) in [7, 11) is 1.40. The summed E-state index contributed by atoms with van der Waals surface area (Å²) in [6.45, 7) is 5.67. The number of rotatable bonds is 6. The summed E-state index contributed by atoms with van der Waals surface area (Å²) < 4.78 is 18.7. The van der Waals surface area contributed by atoms with E-state index >= 15 is 0 Å². The molecule has 1 aromatic heterocycles. The third-order valence-electron chi connectivity index (χ3n) is 3.52. The van der Waals surface area contributed by atoms with Crippen molar-refractivity contribution in [3.8, 4) is 17.0 Å². The quantitative estimate of drug-likeness (QED) is 0.806. The molecule has 0 atom stereocenters. The Morgan fingerprint density at radius 3 is 2.65 bits per heavy atom. The van der Waals surface area contributed by atoms with Crippen LogP contribution >= 0.6 is 11.3 Å². The lowest BCUT2D eigenvalue weighted by molar-refractivity contribution is -0.128. The van der Waals surface area contributed by atoms with Gasteiger partial charge in [0.1, 0.15) is 0 Å². The van der Waals surface area contributed by atoms with E-state index in [0.717, 1.165) is 0 Å². The van der Waals surface area contributed by atoms with Gasteiger partial charge in [0.15, 0.2) is 16.7 Å². The van der Waals surface area contributed by atoms with Crippen LogP contribution in [0.5, 0.6) is 5.75 Å². The van der Waals surface area contributed by atoms with E-state index in [0.29, 0.717) is 16.4 Å². The van der Waals surface area contributed by atoms with Gasteiger partial charge in [0, 0.05) is 29.3 Å². The molecule has 2 N–H and O–H groups in total. The minimum absolute atomic E-state index is 0.108. The lowest BCUT2D eigenvalue weighted by Gasteiger charge is -2.17. The highest BCUT2D eigenvalue weighted by atomic mass is 32.1. The minimum Gasteiger partial charge on any atom is -0.494 e. The second-order valence-corrected chi connectivity index (χ2v) is 7.55. The van der Waals surface area contributed by atoms with Gasteiger partial charge in [0.25, 0.3) is 0 Å². The number of ether oxygens (including phenoxy) is 1. The van der Waals surface area contributed by atoms with E-state index in [4.69, 9.17) is 4.74 Å². The topological polar surface area (TPSA) is 80.3 Å². The van der Waals surface area contributed by atoms with Crippen LogP contribution in [0.15, 0.2) is 23.6 Å². The number of carbonyl (C=O) groups is 2. The number of aromatic nitrogens is 1. The third kappa shape index (κ3) is 5.26. The third-order valence-corrected chi connectivity index (χ3v) is 4.27. The van der Waals surface area contributed by atoms with Gasteiger partial charge in [0.05, 0.1) is 12.8 Å². The first-order chi connectivity index (χ1) is 12.2. The molecule has 0 unspecified atom stereocenters. The zero-order valence-electron chi connectivity index (χ0n) is 15.2. The number of methoxy groups -OCH3 is 1. The molecular weight excluding hydrogens is 357 g/mol. The Morgan fingerprint density at radius 1 is 1.31 bits per heavy atom. The van der Waals surface area contributed by atoms with Gasteiger partial charge in [-0.15, -0.1) is 11.3 Å². The summed E-state index contributed by atoms with van der Waals surface area (Å²) in [5, 5.41) is 7.55. The number of carbonyl (C=O) groups excluding carboxylic acids is 2. The van der Waals surface area contributed by atoms with Crippen molar-refractivity contribution in [2.45, 2.75) is 27.2 Å². The van der Waals surface area contributed by atoms with Crippen molar-refractivity contribution in [2.75, 3.05) is 19.0 Å². The molecular formula is C18H22FN3O3S. The van der Waals surface area contributed by atoms with Crippen molar-refractivity contribution < 1.29 is 18.7 Å². The molecule has 1 aromatic carbocycles. The Bertz CT molecular complexity index is 799. The molecule has 2 aromatic rings. The highest BCUT2D eigenvalue weighted by Gasteiger charge is 2.20. The summed E-state index contributed by atoms with van der Waals surface area (Å²) in [5.41, 5.74) is 0.666. The van der Waals surface area contributed by atoms with E-state index in [2.05, 4.69) is 15.6 Å². The molecule has 0 fully saturated rings. The molecule has 0 aliphatic rings. The fraction of sp³-hybridized carbons (Fsp3) is 0.389. The number of thiazole rings is 1. The van der Waals surface area contributed by atoms with Crippen LogP contribution < -0.4 is 15.4 Å². The van der Waals surface area contributed by atoms with Crippen LogP contribution in [-0.4, -0.2) is 30.5 Å². The summed E-state index contributed by atoms with van der Waals surface area (Å²) >= 11 is 1.25. The van der Waals surface area contributed by atoms with Crippen molar-refractivity contribution in [1.29, 1.82) is 0 Å². The maximum Gasteiger partial charge on any atom is 0.227 e.